The second-order valence-corrected chi connectivity index (χ2v) is 6.02. The van der Waals surface area contributed by atoms with Crippen LogP contribution in [0.15, 0.2) is 0 Å². The van der Waals surface area contributed by atoms with Crippen molar-refractivity contribution in [2.24, 2.45) is 0 Å². The molecule has 0 radical (unpaired) electrons. The highest BCUT2D eigenvalue weighted by Crippen LogP contribution is 2.22. The van der Waals surface area contributed by atoms with E-state index in [1.54, 1.807) is 0 Å². The van der Waals surface area contributed by atoms with Crippen LogP contribution in [0.1, 0.15) is 13.8 Å². The minimum absolute atomic E-state index is 0.0323. The van der Waals surface area contributed by atoms with Crippen molar-refractivity contribution in [2.45, 2.75) is 25.7 Å². The highest BCUT2D eigenvalue weighted by atomic mass is 16.8. The Labute approximate surface area is 155 Å². The Kier molecular flexibility index (Phi) is 14.3. The van der Waals surface area contributed by atoms with Gasteiger partial charge in [-0.3, -0.25) is 0 Å². The second-order valence-electron chi connectivity index (χ2n) is 6.02. The average molecular weight is 382 g/mol. The molecule has 0 aromatic rings. The highest BCUT2D eigenvalue weighted by molar-refractivity contribution is 4.69. The van der Waals surface area contributed by atoms with Gasteiger partial charge < -0.3 is 43.0 Å². The Morgan fingerprint density at radius 1 is 0.769 bits per heavy atom. The lowest BCUT2D eigenvalue weighted by Gasteiger charge is -2.17. The summed E-state index contributed by atoms with van der Waals surface area (Å²) in [7, 11) is 0. The zero-order valence-corrected chi connectivity index (χ0v) is 16.0. The molecule has 1 unspecified atom stereocenters. The van der Waals surface area contributed by atoms with Gasteiger partial charge in [0.2, 0.25) is 0 Å². The first kappa shape index (κ1) is 23.7. The molecule has 156 valence electrons. The fourth-order valence-corrected chi connectivity index (χ4v) is 2.09. The first-order chi connectivity index (χ1) is 12.6. The van der Waals surface area contributed by atoms with Gasteiger partial charge in [0, 0.05) is 0 Å². The summed E-state index contributed by atoms with van der Waals surface area (Å²) in [5.74, 6) is -0.522. The Morgan fingerprint density at radius 2 is 1.27 bits per heavy atom. The van der Waals surface area contributed by atoms with E-state index in [0.29, 0.717) is 72.7 Å². The van der Waals surface area contributed by atoms with Crippen LogP contribution < -0.4 is 0 Å². The van der Waals surface area contributed by atoms with Gasteiger partial charge in [-0.15, -0.1) is 0 Å². The molecule has 1 N–H and O–H groups in total. The third-order valence-corrected chi connectivity index (χ3v) is 3.26. The molecule has 1 rings (SSSR count). The van der Waals surface area contributed by atoms with Crippen LogP contribution in [0.5, 0.6) is 0 Å². The molecule has 9 heteroatoms. The Bertz CT molecular complexity index is 315. The van der Waals surface area contributed by atoms with E-state index in [2.05, 4.69) is 0 Å². The lowest BCUT2D eigenvalue weighted by Crippen LogP contribution is -2.24. The predicted octanol–water partition coefficient (Wildman–Crippen LogP) is 0.187. The Hall–Kier alpha value is -0.360. The fraction of sp³-hybridized carbons (Fsp3) is 1.00. The zero-order valence-electron chi connectivity index (χ0n) is 16.0. The van der Waals surface area contributed by atoms with Crippen molar-refractivity contribution < 1.29 is 43.0 Å². The SMILES string of the molecule is CC1(C)OCC(COCOCCOCCOCCOCCOCCO)O1. The first-order valence-electron chi connectivity index (χ1n) is 9.03. The molecule has 9 nitrogen and oxygen atoms in total. The number of hydrogen-bond donors (Lipinski definition) is 1. The van der Waals surface area contributed by atoms with Crippen molar-refractivity contribution in [2.75, 3.05) is 86.1 Å². The molecular formula is C17H34O9. The summed E-state index contributed by atoms with van der Waals surface area (Å²) in [6.45, 7) is 9.30. The van der Waals surface area contributed by atoms with Crippen molar-refractivity contribution in [3.05, 3.63) is 0 Å². The maximum absolute atomic E-state index is 8.52. The van der Waals surface area contributed by atoms with Crippen LogP contribution in [-0.2, 0) is 37.9 Å². The summed E-state index contributed by atoms with van der Waals surface area (Å²) in [5, 5.41) is 8.52. The predicted molar refractivity (Wildman–Crippen MR) is 92.0 cm³/mol. The molecule has 1 aliphatic heterocycles. The number of aliphatic hydroxyl groups is 1. The van der Waals surface area contributed by atoms with E-state index in [9.17, 15) is 0 Å². The summed E-state index contributed by atoms with van der Waals surface area (Å²) in [5.41, 5.74) is 0. The number of ether oxygens (including phenoxy) is 8. The zero-order chi connectivity index (χ0) is 18.9. The van der Waals surface area contributed by atoms with E-state index in [4.69, 9.17) is 43.0 Å². The quantitative estimate of drug-likeness (QED) is 0.263. The number of aliphatic hydroxyl groups excluding tert-OH is 1. The third-order valence-electron chi connectivity index (χ3n) is 3.26. The summed E-state index contributed by atoms with van der Waals surface area (Å²) in [6.07, 6.45) is -0.0426. The second kappa shape index (κ2) is 15.7. The molecule has 0 bridgehead atoms. The van der Waals surface area contributed by atoms with E-state index in [1.165, 1.54) is 0 Å². The molecule has 1 aliphatic rings. The van der Waals surface area contributed by atoms with Gasteiger partial charge in [0.15, 0.2) is 5.79 Å². The van der Waals surface area contributed by atoms with Crippen molar-refractivity contribution in [1.29, 1.82) is 0 Å². The van der Waals surface area contributed by atoms with Gasteiger partial charge in [0.05, 0.1) is 79.3 Å². The van der Waals surface area contributed by atoms with Gasteiger partial charge in [-0.25, -0.2) is 0 Å². The topological polar surface area (TPSA) is 94.1 Å². The monoisotopic (exact) mass is 382 g/mol. The molecule has 0 amide bonds. The van der Waals surface area contributed by atoms with E-state index >= 15 is 0 Å². The van der Waals surface area contributed by atoms with Crippen LogP contribution in [0.25, 0.3) is 0 Å². The molecule has 1 saturated heterocycles. The molecule has 1 atom stereocenters. The Balaban J connectivity index is 1.69. The summed E-state index contributed by atoms with van der Waals surface area (Å²) >= 11 is 0. The van der Waals surface area contributed by atoms with E-state index < -0.39 is 5.79 Å². The molecule has 1 fully saturated rings. The lowest BCUT2D eigenvalue weighted by atomic mass is 10.4. The van der Waals surface area contributed by atoms with Crippen molar-refractivity contribution in [1.82, 2.24) is 0 Å². The number of hydrogen-bond acceptors (Lipinski definition) is 9. The maximum Gasteiger partial charge on any atom is 0.163 e. The van der Waals surface area contributed by atoms with Gasteiger partial charge in [-0.05, 0) is 13.8 Å². The van der Waals surface area contributed by atoms with Gasteiger partial charge in [-0.2, -0.15) is 0 Å². The summed E-state index contributed by atoms with van der Waals surface area (Å²) in [4.78, 5) is 0. The van der Waals surface area contributed by atoms with E-state index in [-0.39, 0.29) is 19.5 Å². The van der Waals surface area contributed by atoms with Crippen LogP contribution in [0, 0.1) is 0 Å². The smallest absolute Gasteiger partial charge is 0.163 e. The Morgan fingerprint density at radius 3 is 1.73 bits per heavy atom. The normalized spacial score (nSPS) is 19.3. The molecule has 0 aromatic heterocycles. The van der Waals surface area contributed by atoms with Crippen LogP contribution in [0.2, 0.25) is 0 Å². The maximum atomic E-state index is 8.52. The van der Waals surface area contributed by atoms with E-state index in [1.807, 2.05) is 13.8 Å². The highest BCUT2D eigenvalue weighted by Gasteiger charge is 2.32. The minimum atomic E-state index is -0.522. The average Bonchev–Trinajstić information content (AvgIpc) is 2.96. The number of rotatable bonds is 18. The van der Waals surface area contributed by atoms with Gasteiger partial charge in [-0.1, -0.05) is 0 Å². The van der Waals surface area contributed by atoms with Crippen LogP contribution in [0.4, 0.5) is 0 Å². The van der Waals surface area contributed by atoms with Crippen molar-refractivity contribution in [3.63, 3.8) is 0 Å². The molecule has 1 heterocycles. The largest absolute Gasteiger partial charge is 0.394 e. The molecule has 0 saturated carbocycles. The molecule has 0 aromatic carbocycles. The standard InChI is InChI=1S/C17H34O9/c1-17(2)25-14-16(26-17)13-24-15-23-12-11-22-10-9-21-8-7-20-6-5-19-4-3-18/h16,18H,3-15H2,1-2H3. The van der Waals surface area contributed by atoms with Crippen LogP contribution in [0.3, 0.4) is 0 Å². The van der Waals surface area contributed by atoms with Gasteiger partial charge in [0.25, 0.3) is 0 Å². The van der Waals surface area contributed by atoms with Crippen LogP contribution >= 0.6 is 0 Å². The first-order valence-corrected chi connectivity index (χ1v) is 9.03. The van der Waals surface area contributed by atoms with E-state index in [0.717, 1.165) is 0 Å². The summed E-state index contributed by atoms with van der Waals surface area (Å²) < 4.78 is 42.8. The molecule has 26 heavy (non-hydrogen) atoms. The molecular weight excluding hydrogens is 348 g/mol. The fourth-order valence-electron chi connectivity index (χ4n) is 2.09. The third kappa shape index (κ3) is 13.8. The summed E-state index contributed by atoms with van der Waals surface area (Å²) in [6, 6.07) is 0. The minimum Gasteiger partial charge on any atom is -0.394 e. The van der Waals surface area contributed by atoms with Crippen LogP contribution in [-0.4, -0.2) is 103 Å². The molecule has 0 spiro atoms. The van der Waals surface area contributed by atoms with Gasteiger partial charge in [0.1, 0.15) is 12.9 Å². The molecule has 0 aliphatic carbocycles. The van der Waals surface area contributed by atoms with Gasteiger partial charge >= 0.3 is 0 Å². The lowest BCUT2D eigenvalue weighted by molar-refractivity contribution is -0.153. The van der Waals surface area contributed by atoms with Crippen molar-refractivity contribution >= 4 is 0 Å². The van der Waals surface area contributed by atoms with Crippen molar-refractivity contribution in [3.8, 4) is 0 Å².